The van der Waals surface area contributed by atoms with Crippen molar-refractivity contribution < 1.29 is 0 Å². The molecular weight excluding hydrogens is 202 g/mol. The maximum atomic E-state index is 3.61. The van der Waals surface area contributed by atoms with Crippen LogP contribution in [0.1, 0.15) is 22.4 Å². The first-order valence-corrected chi connectivity index (χ1v) is 6.60. The second-order valence-corrected chi connectivity index (χ2v) is 5.44. The van der Waals surface area contributed by atoms with Crippen LogP contribution in [0, 0.1) is 13.8 Å². The lowest BCUT2D eigenvalue weighted by Gasteiger charge is -2.11. The van der Waals surface area contributed by atoms with Gasteiger partial charge in [-0.1, -0.05) is 12.1 Å². The van der Waals surface area contributed by atoms with Crippen molar-refractivity contribution in [2.24, 2.45) is 0 Å². The molecule has 0 saturated carbocycles. The van der Waals surface area contributed by atoms with E-state index in [4.69, 9.17) is 0 Å². The van der Waals surface area contributed by atoms with Gasteiger partial charge in [0.2, 0.25) is 0 Å². The zero-order valence-corrected chi connectivity index (χ0v) is 10.0. The van der Waals surface area contributed by atoms with E-state index in [0.29, 0.717) is 0 Å². The number of hydrogen-bond donors (Lipinski definition) is 1. The van der Waals surface area contributed by atoms with Gasteiger partial charge in [0.1, 0.15) is 0 Å². The summed E-state index contributed by atoms with van der Waals surface area (Å²) in [6.07, 6.45) is 1.20. The standard InChI is InChI=1S/C13H15NS/c1-8-3-4-9(2)13-12(8)10-7-15-6-5-11(10)14-13/h3-4,14H,5-7H2,1-2H3. The van der Waals surface area contributed by atoms with Gasteiger partial charge >= 0.3 is 0 Å². The Bertz CT molecular complexity index is 525. The Hall–Kier alpha value is -0.890. The Labute approximate surface area is 94.3 Å². The molecule has 0 aliphatic carbocycles. The molecule has 0 amide bonds. The third-order valence-electron chi connectivity index (χ3n) is 3.31. The maximum absolute atomic E-state index is 3.61. The van der Waals surface area contributed by atoms with Gasteiger partial charge in [0.15, 0.2) is 0 Å². The zero-order valence-electron chi connectivity index (χ0n) is 9.18. The number of fused-ring (bicyclic) bond motifs is 3. The minimum absolute atomic E-state index is 1.18. The summed E-state index contributed by atoms with van der Waals surface area (Å²) in [6.45, 7) is 4.41. The molecule has 2 aromatic rings. The second-order valence-electron chi connectivity index (χ2n) is 4.33. The number of rotatable bonds is 0. The van der Waals surface area contributed by atoms with Crippen LogP contribution < -0.4 is 0 Å². The van der Waals surface area contributed by atoms with Crippen molar-refractivity contribution in [1.29, 1.82) is 0 Å². The molecule has 0 atom stereocenters. The topological polar surface area (TPSA) is 15.8 Å². The van der Waals surface area contributed by atoms with Gasteiger partial charge in [0.05, 0.1) is 0 Å². The van der Waals surface area contributed by atoms with Crippen molar-refractivity contribution in [3.8, 4) is 0 Å². The first kappa shape index (κ1) is 9.34. The van der Waals surface area contributed by atoms with Crippen LogP contribution in [0.3, 0.4) is 0 Å². The van der Waals surface area contributed by atoms with Crippen LogP contribution >= 0.6 is 11.8 Å². The molecule has 0 unspecified atom stereocenters. The molecule has 1 N–H and O–H groups in total. The number of nitrogens with one attached hydrogen (secondary N) is 1. The molecular formula is C13H15NS. The fourth-order valence-corrected chi connectivity index (χ4v) is 3.47. The zero-order chi connectivity index (χ0) is 10.4. The highest BCUT2D eigenvalue weighted by molar-refractivity contribution is 7.98. The van der Waals surface area contributed by atoms with Gasteiger partial charge in [-0.05, 0) is 42.7 Å². The average molecular weight is 217 g/mol. The van der Waals surface area contributed by atoms with Gasteiger partial charge in [0, 0.05) is 22.3 Å². The normalized spacial score (nSPS) is 15.6. The lowest BCUT2D eigenvalue weighted by molar-refractivity contribution is 1.04. The van der Waals surface area contributed by atoms with Crippen molar-refractivity contribution in [2.45, 2.75) is 26.0 Å². The molecule has 0 saturated heterocycles. The summed E-state index contributed by atoms with van der Waals surface area (Å²) in [5.41, 5.74) is 7.18. The van der Waals surface area contributed by atoms with Crippen molar-refractivity contribution >= 4 is 22.7 Å². The molecule has 0 fully saturated rings. The first-order chi connectivity index (χ1) is 7.27. The van der Waals surface area contributed by atoms with Gasteiger partial charge < -0.3 is 4.98 Å². The summed E-state index contributed by atoms with van der Waals surface area (Å²) in [4.78, 5) is 3.61. The second kappa shape index (κ2) is 3.31. The number of hydrogen-bond acceptors (Lipinski definition) is 1. The number of aromatic nitrogens is 1. The third-order valence-corrected chi connectivity index (χ3v) is 4.29. The van der Waals surface area contributed by atoms with Crippen LogP contribution in [0.2, 0.25) is 0 Å². The number of benzene rings is 1. The maximum Gasteiger partial charge on any atom is 0.0491 e. The average Bonchev–Trinajstić information content (AvgIpc) is 2.64. The quantitative estimate of drug-likeness (QED) is 0.713. The number of H-pyrrole nitrogens is 1. The fourth-order valence-electron chi connectivity index (χ4n) is 2.46. The van der Waals surface area contributed by atoms with E-state index in [-0.39, 0.29) is 0 Å². The van der Waals surface area contributed by atoms with Crippen LogP contribution in [-0.4, -0.2) is 10.7 Å². The number of thioether (sulfide) groups is 1. The van der Waals surface area contributed by atoms with Crippen LogP contribution in [-0.2, 0) is 12.2 Å². The highest BCUT2D eigenvalue weighted by Gasteiger charge is 2.17. The van der Waals surface area contributed by atoms with E-state index in [1.54, 1.807) is 5.56 Å². The van der Waals surface area contributed by atoms with Crippen LogP contribution in [0.25, 0.3) is 10.9 Å². The predicted molar refractivity (Wildman–Crippen MR) is 67.6 cm³/mol. The van der Waals surface area contributed by atoms with Gasteiger partial charge in [0.25, 0.3) is 0 Å². The molecule has 3 rings (SSSR count). The largest absolute Gasteiger partial charge is 0.358 e. The molecule has 1 aromatic carbocycles. The highest BCUT2D eigenvalue weighted by Crippen LogP contribution is 2.34. The van der Waals surface area contributed by atoms with Crippen molar-refractivity contribution in [3.05, 3.63) is 34.5 Å². The van der Waals surface area contributed by atoms with Gasteiger partial charge in [-0.25, -0.2) is 0 Å². The van der Waals surface area contributed by atoms with Crippen molar-refractivity contribution in [3.63, 3.8) is 0 Å². The van der Waals surface area contributed by atoms with Crippen LogP contribution in [0.15, 0.2) is 12.1 Å². The summed E-state index contributed by atoms with van der Waals surface area (Å²) in [5, 5.41) is 1.48. The highest BCUT2D eigenvalue weighted by atomic mass is 32.2. The number of aryl methyl sites for hydroxylation is 3. The van der Waals surface area contributed by atoms with E-state index >= 15 is 0 Å². The Morgan fingerprint density at radius 1 is 1.20 bits per heavy atom. The molecule has 15 heavy (non-hydrogen) atoms. The minimum Gasteiger partial charge on any atom is -0.358 e. The summed E-state index contributed by atoms with van der Waals surface area (Å²) < 4.78 is 0. The molecule has 0 bridgehead atoms. The molecule has 78 valence electrons. The van der Waals surface area contributed by atoms with Crippen LogP contribution in [0.5, 0.6) is 0 Å². The van der Waals surface area contributed by atoms with Crippen molar-refractivity contribution in [2.75, 3.05) is 5.75 Å². The Morgan fingerprint density at radius 3 is 2.87 bits per heavy atom. The summed E-state index contributed by atoms with van der Waals surface area (Å²) in [6, 6.07) is 4.46. The predicted octanol–water partition coefficient (Wildman–Crippen LogP) is 3.57. The SMILES string of the molecule is Cc1ccc(C)c2c3c([nH]c12)CCSC3. The van der Waals surface area contributed by atoms with Gasteiger partial charge in [-0.2, -0.15) is 11.8 Å². The lowest BCUT2D eigenvalue weighted by Crippen LogP contribution is -2.00. The minimum atomic E-state index is 1.18. The summed E-state index contributed by atoms with van der Waals surface area (Å²) >= 11 is 2.05. The van der Waals surface area contributed by atoms with E-state index in [0.717, 1.165) is 0 Å². The molecule has 1 aliphatic heterocycles. The Kier molecular flexibility index (Phi) is 2.06. The van der Waals surface area contributed by atoms with Gasteiger partial charge in [-0.3, -0.25) is 0 Å². The van der Waals surface area contributed by atoms with Crippen molar-refractivity contribution in [1.82, 2.24) is 4.98 Å². The van der Waals surface area contributed by atoms with Gasteiger partial charge in [-0.15, -0.1) is 0 Å². The molecule has 0 radical (unpaired) electrons. The smallest absolute Gasteiger partial charge is 0.0491 e. The number of aromatic amines is 1. The molecule has 2 heterocycles. The Balaban J connectivity index is 2.41. The molecule has 1 aliphatic rings. The fraction of sp³-hybridized carbons (Fsp3) is 0.385. The molecule has 0 spiro atoms. The summed E-state index contributed by atoms with van der Waals surface area (Å²) in [5.74, 6) is 2.44. The molecule has 1 aromatic heterocycles. The molecule has 1 nitrogen and oxygen atoms in total. The Morgan fingerprint density at radius 2 is 2.00 bits per heavy atom. The lowest BCUT2D eigenvalue weighted by atomic mass is 10.0. The summed E-state index contributed by atoms with van der Waals surface area (Å²) in [7, 11) is 0. The van der Waals surface area contributed by atoms with E-state index < -0.39 is 0 Å². The first-order valence-electron chi connectivity index (χ1n) is 5.45. The molecule has 2 heteroatoms. The van der Waals surface area contributed by atoms with E-state index in [9.17, 15) is 0 Å². The van der Waals surface area contributed by atoms with E-state index in [1.165, 1.54) is 45.7 Å². The third kappa shape index (κ3) is 1.31. The monoisotopic (exact) mass is 217 g/mol. The van der Waals surface area contributed by atoms with Crippen LogP contribution in [0.4, 0.5) is 0 Å². The van der Waals surface area contributed by atoms with E-state index in [2.05, 4.69) is 42.7 Å². The van der Waals surface area contributed by atoms with E-state index in [1.807, 2.05) is 0 Å².